The fraction of sp³-hybridized carbons (Fsp3) is 0.846. The van der Waals surface area contributed by atoms with Crippen LogP contribution >= 0.6 is 0 Å². The second-order valence-electron chi connectivity index (χ2n) is 4.60. The monoisotopic (exact) mass is 271 g/mol. The number of nitrogens with one attached hydrogen (secondary N) is 1. The Labute approximate surface area is 115 Å². The van der Waals surface area contributed by atoms with E-state index in [2.05, 4.69) is 12.2 Å². The van der Waals surface area contributed by atoms with Crippen LogP contribution in [0.25, 0.3) is 0 Å². The molecule has 1 saturated heterocycles. The molecule has 0 spiro atoms. The summed E-state index contributed by atoms with van der Waals surface area (Å²) < 4.78 is 4.94. The summed E-state index contributed by atoms with van der Waals surface area (Å²) in [7, 11) is 0. The smallest absolute Gasteiger partial charge is 0.409 e. The zero-order chi connectivity index (χ0) is 14.1. The first-order chi connectivity index (χ1) is 9.19. The second kappa shape index (κ2) is 8.74. The molecule has 0 aromatic heterocycles. The van der Waals surface area contributed by atoms with Crippen molar-refractivity contribution in [2.75, 3.05) is 45.9 Å². The number of unbranched alkanes of at least 4 members (excludes halogenated alkanes) is 1. The van der Waals surface area contributed by atoms with E-state index >= 15 is 0 Å². The lowest BCUT2D eigenvalue weighted by atomic mass is 10.3. The average Bonchev–Trinajstić information content (AvgIpc) is 2.44. The van der Waals surface area contributed by atoms with Gasteiger partial charge < -0.3 is 19.9 Å². The van der Waals surface area contributed by atoms with E-state index in [1.165, 1.54) is 0 Å². The number of hydrogen-bond donors (Lipinski definition) is 1. The maximum atomic E-state index is 11.9. The van der Waals surface area contributed by atoms with E-state index in [9.17, 15) is 9.59 Å². The van der Waals surface area contributed by atoms with Gasteiger partial charge in [0, 0.05) is 26.2 Å². The van der Waals surface area contributed by atoms with E-state index in [-0.39, 0.29) is 12.0 Å². The van der Waals surface area contributed by atoms with Crippen molar-refractivity contribution in [3.8, 4) is 0 Å². The first-order valence-corrected chi connectivity index (χ1v) is 7.09. The third kappa shape index (κ3) is 5.46. The molecule has 0 atom stereocenters. The van der Waals surface area contributed by atoms with Crippen molar-refractivity contribution in [2.24, 2.45) is 0 Å². The van der Waals surface area contributed by atoms with Crippen LogP contribution in [0.3, 0.4) is 0 Å². The summed E-state index contributed by atoms with van der Waals surface area (Å²) in [5, 5.41) is 3.14. The standard InChI is InChI=1S/C13H25N3O3/c1-3-5-6-14-11-12(17)15-7-9-16(10-8-15)13(18)19-4-2/h14H,3-11H2,1-2H3. The molecule has 1 heterocycles. The topological polar surface area (TPSA) is 61.9 Å². The van der Waals surface area contributed by atoms with Crippen LogP contribution in [0.2, 0.25) is 0 Å². The van der Waals surface area contributed by atoms with Crippen LogP contribution in [0.1, 0.15) is 26.7 Å². The Morgan fingerprint density at radius 1 is 1.11 bits per heavy atom. The van der Waals surface area contributed by atoms with E-state index in [1.807, 2.05) is 0 Å². The zero-order valence-corrected chi connectivity index (χ0v) is 12.0. The molecule has 0 saturated carbocycles. The molecule has 0 aromatic rings. The molecule has 1 aliphatic heterocycles. The summed E-state index contributed by atoms with van der Waals surface area (Å²) in [4.78, 5) is 26.8. The lowest BCUT2D eigenvalue weighted by Gasteiger charge is -2.34. The Morgan fingerprint density at radius 3 is 2.32 bits per heavy atom. The van der Waals surface area contributed by atoms with E-state index in [0.29, 0.717) is 39.3 Å². The van der Waals surface area contributed by atoms with Crippen LogP contribution < -0.4 is 5.32 Å². The van der Waals surface area contributed by atoms with Crippen molar-refractivity contribution in [1.82, 2.24) is 15.1 Å². The summed E-state index contributed by atoms with van der Waals surface area (Å²) in [6, 6.07) is 0. The molecular weight excluding hydrogens is 246 g/mol. The molecule has 1 rings (SSSR count). The van der Waals surface area contributed by atoms with Gasteiger partial charge in [-0.25, -0.2) is 4.79 Å². The fourth-order valence-electron chi connectivity index (χ4n) is 1.96. The van der Waals surface area contributed by atoms with Crippen LogP contribution in [-0.2, 0) is 9.53 Å². The van der Waals surface area contributed by atoms with E-state index in [1.54, 1.807) is 16.7 Å². The molecule has 110 valence electrons. The van der Waals surface area contributed by atoms with Crippen LogP contribution in [0.15, 0.2) is 0 Å². The first-order valence-electron chi connectivity index (χ1n) is 7.09. The van der Waals surface area contributed by atoms with Gasteiger partial charge in [0.05, 0.1) is 13.2 Å². The molecule has 1 fully saturated rings. The average molecular weight is 271 g/mol. The minimum Gasteiger partial charge on any atom is -0.450 e. The number of nitrogens with zero attached hydrogens (tertiary/aromatic N) is 2. The van der Waals surface area contributed by atoms with Crippen LogP contribution in [0.5, 0.6) is 0 Å². The number of carbonyl (C=O) groups excluding carboxylic acids is 2. The van der Waals surface area contributed by atoms with Gasteiger partial charge in [-0.1, -0.05) is 13.3 Å². The summed E-state index contributed by atoms with van der Waals surface area (Å²) >= 11 is 0. The molecule has 0 radical (unpaired) electrons. The molecule has 1 N–H and O–H groups in total. The Balaban J connectivity index is 2.21. The highest BCUT2D eigenvalue weighted by Crippen LogP contribution is 2.04. The summed E-state index contributed by atoms with van der Waals surface area (Å²) in [5.41, 5.74) is 0. The highest BCUT2D eigenvalue weighted by atomic mass is 16.6. The molecular formula is C13H25N3O3. The van der Waals surface area contributed by atoms with E-state index in [0.717, 1.165) is 19.4 Å². The SMILES string of the molecule is CCCCNCC(=O)N1CCN(C(=O)OCC)CC1. The van der Waals surface area contributed by atoms with Crippen molar-refractivity contribution >= 4 is 12.0 Å². The van der Waals surface area contributed by atoms with Crippen molar-refractivity contribution in [1.29, 1.82) is 0 Å². The lowest BCUT2D eigenvalue weighted by Crippen LogP contribution is -2.52. The predicted molar refractivity (Wildman–Crippen MR) is 73.0 cm³/mol. The Kier molecular flexibility index (Phi) is 7.25. The third-order valence-corrected chi connectivity index (χ3v) is 3.14. The number of hydrogen-bond acceptors (Lipinski definition) is 4. The van der Waals surface area contributed by atoms with E-state index in [4.69, 9.17) is 4.74 Å². The molecule has 2 amide bonds. The predicted octanol–water partition coefficient (Wildman–Crippen LogP) is 0.677. The van der Waals surface area contributed by atoms with Crippen LogP contribution in [0.4, 0.5) is 4.79 Å². The summed E-state index contributed by atoms with van der Waals surface area (Å²) in [6.45, 7) is 7.86. The maximum absolute atomic E-state index is 11.9. The molecule has 0 bridgehead atoms. The summed E-state index contributed by atoms with van der Waals surface area (Å²) in [5.74, 6) is 0.111. The van der Waals surface area contributed by atoms with Gasteiger partial charge in [-0.15, -0.1) is 0 Å². The molecule has 0 unspecified atom stereocenters. The van der Waals surface area contributed by atoms with E-state index < -0.39 is 0 Å². The van der Waals surface area contributed by atoms with Gasteiger partial charge in [-0.3, -0.25) is 4.79 Å². The maximum Gasteiger partial charge on any atom is 0.409 e. The van der Waals surface area contributed by atoms with Crippen LogP contribution in [-0.4, -0.2) is 67.7 Å². The molecule has 19 heavy (non-hydrogen) atoms. The molecule has 0 aliphatic carbocycles. The number of piperazine rings is 1. The Morgan fingerprint density at radius 2 is 1.74 bits per heavy atom. The molecule has 6 heteroatoms. The molecule has 0 aromatic carbocycles. The highest BCUT2D eigenvalue weighted by Gasteiger charge is 2.24. The molecule has 1 aliphatic rings. The van der Waals surface area contributed by atoms with Crippen molar-refractivity contribution in [2.45, 2.75) is 26.7 Å². The second-order valence-corrected chi connectivity index (χ2v) is 4.60. The van der Waals surface area contributed by atoms with Gasteiger partial charge in [0.1, 0.15) is 0 Å². The largest absolute Gasteiger partial charge is 0.450 e. The minimum absolute atomic E-state index is 0.111. The van der Waals surface area contributed by atoms with Gasteiger partial charge >= 0.3 is 6.09 Å². The number of carbonyl (C=O) groups is 2. The molecule has 6 nitrogen and oxygen atoms in total. The van der Waals surface area contributed by atoms with Gasteiger partial charge in [-0.2, -0.15) is 0 Å². The normalized spacial score (nSPS) is 15.5. The highest BCUT2D eigenvalue weighted by molar-refractivity contribution is 5.78. The quantitative estimate of drug-likeness (QED) is 0.722. The Bertz CT molecular complexity index is 289. The number of rotatable bonds is 6. The first kappa shape index (κ1) is 15.8. The third-order valence-electron chi connectivity index (χ3n) is 3.14. The van der Waals surface area contributed by atoms with Gasteiger partial charge in [0.25, 0.3) is 0 Å². The Hall–Kier alpha value is -1.30. The van der Waals surface area contributed by atoms with Crippen molar-refractivity contribution in [3.63, 3.8) is 0 Å². The fourth-order valence-corrected chi connectivity index (χ4v) is 1.96. The van der Waals surface area contributed by atoms with Gasteiger partial charge in [0.15, 0.2) is 0 Å². The lowest BCUT2D eigenvalue weighted by molar-refractivity contribution is -0.131. The summed E-state index contributed by atoms with van der Waals surface area (Å²) in [6.07, 6.45) is 1.93. The number of ether oxygens (including phenoxy) is 1. The number of amides is 2. The zero-order valence-electron chi connectivity index (χ0n) is 12.0. The van der Waals surface area contributed by atoms with Crippen molar-refractivity contribution in [3.05, 3.63) is 0 Å². The van der Waals surface area contributed by atoms with Crippen LogP contribution in [0, 0.1) is 0 Å². The van der Waals surface area contributed by atoms with Crippen molar-refractivity contribution < 1.29 is 14.3 Å². The van der Waals surface area contributed by atoms with Gasteiger partial charge in [-0.05, 0) is 19.9 Å². The van der Waals surface area contributed by atoms with Gasteiger partial charge in [0.2, 0.25) is 5.91 Å². The minimum atomic E-state index is -0.282.